The van der Waals surface area contributed by atoms with Gasteiger partial charge in [0.25, 0.3) is 0 Å². The van der Waals surface area contributed by atoms with Gasteiger partial charge in [0.2, 0.25) is 0 Å². The summed E-state index contributed by atoms with van der Waals surface area (Å²) in [6, 6.07) is 0.192. The average molecular weight is 241 g/mol. The van der Waals surface area contributed by atoms with E-state index in [1.54, 1.807) is 7.11 Å². The Labute approximate surface area is 103 Å². The minimum atomic E-state index is -0.423. The van der Waals surface area contributed by atoms with Crippen LogP contribution in [0.15, 0.2) is 0 Å². The van der Waals surface area contributed by atoms with Crippen molar-refractivity contribution in [2.75, 3.05) is 20.3 Å². The van der Waals surface area contributed by atoms with Crippen molar-refractivity contribution in [1.82, 2.24) is 4.90 Å². The number of hydrogen-bond donors (Lipinski definition) is 0. The largest absolute Gasteiger partial charge is 0.444 e. The first kappa shape index (κ1) is 12.7. The molecule has 1 saturated heterocycles. The predicted molar refractivity (Wildman–Crippen MR) is 64.9 cm³/mol. The first-order chi connectivity index (χ1) is 7.85. The van der Waals surface area contributed by atoms with E-state index in [0.29, 0.717) is 12.0 Å². The monoisotopic (exact) mass is 241 g/mol. The Morgan fingerprint density at radius 2 is 2.06 bits per heavy atom. The molecular weight excluding hydrogens is 218 g/mol. The van der Waals surface area contributed by atoms with Gasteiger partial charge in [-0.2, -0.15) is 0 Å². The third-order valence-corrected chi connectivity index (χ3v) is 3.56. The lowest BCUT2D eigenvalue weighted by Crippen LogP contribution is -2.41. The van der Waals surface area contributed by atoms with Crippen LogP contribution < -0.4 is 0 Å². The Balaban J connectivity index is 2.00. The van der Waals surface area contributed by atoms with Gasteiger partial charge in [0, 0.05) is 13.7 Å². The molecule has 0 aromatic rings. The van der Waals surface area contributed by atoms with Crippen LogP contribution in [0.4, 0.5) is 4.79 Å². The maximum Gasteiger partial charge on any atom is 0.410 e. The SMILES string of the molecule is COC[C@@H]1CC2(CC2)CN1C(=O)OC(C)(C)C. The first-order valence-corrected chi connectivity index (χ1v) is 6.34. The normalized spacial score (nSPS) is 26.4. The van der Waals surface area contributed by atoms with Gasteiger partial charge in [0.15, 0.2) is 0 Å². The van der Waals surface area contributed by atoms with Gasteiger partial charge in [-0.25, -0.2) is 4.79 Å². The smallest absolute Gasteiger partial charge is 0.410 e. The molecule has 2 aliphatic rings. The van der Waals surface area contributed by atoms with Crippen LogP contribution in [-0.4, -0.2) is 42.9 Å². The number of carbonyl (C=O) groups is 1. The minimum absolute atomic E-state index is 0.191. The summed E-state index contributed by atoms with van der Waals surface area (Å²) in [7, 11) is 1.69. The molecule has 0 aromatic heterocycles. The Bertz CT molecular complexity index is 304. The van der Waals surface area contributed by atoms with Gasteiger partial charge in [0.05, 0.1) is 12.6 Å². The van der Waals surface area contributed by atoms with E-state index in [-0.39, 0.29) is 12.1 Å². The highest BCUT2D eigenvalue weighted by Crippen LogP contribution is 2.54. The summed E-state index contributed by atoms with van der Waals surface area (Å²) in [5, 5.41) is 0. The number of rotatable bonds is 2. The summed E-state index contributed by atoms with van der Waals surface area (Å²) in [6.07, 6.45) is 3.36. The molecule has 0 aromatic carbocycles. The molecular formula is C13H23NO3. The Morgan fingerprint density at radius 3 is 2.53 bits per heavy atom. The molecule has 1 aliphatic carbocycles. The number of nitrogens with zero attached hydrogens (tertiary/aromatic N) is 1. The van der Waals surface area contributed by atoms with Gasteiger partial charge < -0.3 is 14.4 Å². The number of hydrogen-bond acceptors (Lipinski definition) is 3. The fourth-order valence-electron chi connectivity index (χ4n) is 2.58. The molecule has 98 valence electrons. The zero-order valence-corrected chi connectivity index (χ0v) is 11.3. The van der Waals surface area contributed by atoms with Crippen molar-refractivity contribution in [2.24, 2.45) is 5.41 Å². The van der Waals surface area contributed by atoms with E-state index < -0.39 is 5.60 Å². The first-order valence-electron chi connectivity index (χ1n) is 6.34. The lowest BCUT2D eigenvalue weighted by atomic mass is 10.0. The Hall–Kier alpha value is -0.770. The summed E-state index contributed by atoms with van der Waals surface area (Å²) in [4.78, 5) is 14.0. The summed E-state index contributed by atoms with van der Waals surface area (Å²) in [6.45, 7) is 7.16. The van der Waals surface area contributed by atoms with Gasteiger partial charge in [-0.1, -0.05) is 0 Å². The molecule has 4 heteroatoms. The standard InChI is InChI=1S/C13H23NO3/c1-12(2,3)17-11(15)14-9-13(5-6-13)7-10(14)8-16-4/h10H,5-9H2,1-4H3/t10-/m0/s1. The molecule has 1 amide bonds. The van der Waals surface area contributed by atoms with Crippen molar-refractivity contribution >= 4 is 6.09 Å². The van der Waals surface area contributed by atoms with Crippen molar-refractivity contribution in [3.05, 3.63) is 0 Å². The fraction of sp³-hybridized carbons (Fsp3) is 0.923. The quantitative estimate of drug-likeness (QED) is 0.745. The van der Waals surface area contributed by atoms with E-state index in [0.717, 1.165) is 13.0 Å². The van der Waals surface area contributed by atoms with Crippen LogP contribution in [0.3, 0.4) is 0 Å². The maximum atomic E-state index is 12.1. The van der Waals surface area contributed by atoms with E-state index >= 15 is 0 Å². The van der Waals surface area contributed by atoms with Crippen LogP contribution in [0.5, 0.6) is 0 Å². The van der Waals surface area contributed by atoms with E-state index in [1.807, 2.05) is 25.7 Å². The molecule has 0 unspecified atom stereocenters. The van der Waals surface area contributed by atoms with Gasteiger partial charge in [0.1, 0.15) is 5.60 Å². The molecule has 2 fully saturated rings. The fourth-order valence-corrected chi connectivity index (χ4v) is 2.58. The Kier molecular flexibility index (Phi) is 3.10. The van der Waals surface area contributed by atoms with Crippen molar-refractivity contribution in [1.29, 1.82) is 0 Å². The lowest BCUT2D eigenvalue weighted by molar-refractivity contribution is 0.0144. The third-order valence-electron chi connectivity index (χ3n) is 3.56. The molecule has 0 bridgehead atoms. The van der Waals surface area contributed by atoms with Crippen molar-refractivity contribution in [2.45, 2.75) is 51.7 Å². The molecule has 0 N–H and O–H groups in total. The van der Waals surface area contributed by atoms with Gasteiger partial charge in [-0.05, 0) is 45.4 Å². The summed E-state index contributed by atoms with van der Waals surface area (Å²) >= 11 is 0. The molecule has 2 rings (SSSR count). The highest BCUT2D eigenvalue weighted by molar-refractivity contribution is 5.69. The average Bonchev–Trinajstić information content (AvgIpc) is 2.80. The maximum absolute atomic E-state index is 12.1. The molecule has 1 aliphatic heterocycles. The highest BCUT2D eigenvalue weighted by Gasteiger charge is 2.53. The highest BCUT2D eigenvalue weighted by atomic mass is 16.6. The molecule has 1 spiro atoms. The number of likely N-dealkylation sites (tertiary alicyclic amines) is 1. The topological polar surface area (TPSA) is 38.8 Å². The summed E-state index contributed by atoms with van der Waals surface area (Å²) in [5.41, 5.74) is -0.0336. The third kappa shape index (κ3) is 2.92. The van der Waals surface area contributed by atoms with Crippen LogP contribution in [0, 0.1) is 5.41 Å². The molecule has 1 saturated carbocycles. The van der Waals surface area contributed by atoms with Crippen LogP contribution in [0.25, 0.3) is 0 Å². The number of carbonyl (C=O) groups excluding carboxylic acids is 1. The zero-order chi connectivity index (χ0) is 12.7. The van der Waals surface area contributed by atoms with Crippen LogP contribution in [0.2, 0.25) is 0 Å². The van der Waals surface area contributed by atoms with Crippen LogP contribution >= 0.6 is 0 Å². The number of amides is 1. The molecule has 4 nitrogen and oxygen atoms in total. The van der Waals surface area contributed by atoms with E-state index in [4.69, 9.17) is 9.47 Å². The minimum Gasteiger partial charge on any atom is -0.444 e. The van der Waals surface area contributed by atoms with Gasteiger partial charge in [-0.15, -0.1) is 0 Å². The van der Waals surface area contributed by atoms with Crippen LogP contribution in [0.1, 0.15) is 40.0 Å². The van der Waals surface area contributed by atoms with Crippen LogP contribution in [-0.2, 0) is 9.47 Å². The van der Waals surface area contributed by atoms with E-state index in [2.05, 4.69) is 0 Å². The summed E-state index contributed by atoms with van der Waals surface area (Å²) < 4.78 is 10.7. The second kappa shape index (κ2) is 4.16. The number of methoxy groups -OCH3 is 1. The van der Waals surface area contributed by atoms with Gasteiger partial charge >= 0.3 is 6.09 Å². The second-order valence-electron chi connectivity index (χ2n) is 6.42. The summed E-state index contributed by atoms with van der Waals surface area (Å²) in [5.74, 6) is 0. The zero-order valence-electron chi connectivity index (χ0n) is 11.3. The lowest BCUT2D eigenvalue weighted by Gasteiger charge is -2.28. The molecule has 1 atom stereocenters. The van der Waals surface area contributed by atoms with E-state index in [9.17, 15) is 4.79 Å². The van der Waals surface area contributed by atoms with Crippen molar-refractivity contribution in [3.63, 3.8) is 0 Å². The second-order valence-corrected chi connectivity index (χ2v) is 6.42. The molecule has 0 radical (unpaired) electrons. The van der Waals surface area contributed by atoms with E-state index in [1.165, 1.54) is 12.8 Å². The predicted octanol–water partition coefficient (Wildman–Crippen LogP) is 2.42. The molecule has 17 heavy (non-hydrogen) atoms. The van der Waals surface area contributed by atoms with Crippen molar-refractivity contribution in [3.8, 4) is 0 Å². The molecule has 1 heterocycles. The Morgan fingerprint density at radius 1 is 1.41 bits per heavy atom. The van der Waals surface area contributed by atoms with Crippen molar-refractivity contribution < 1.29 is 14.3 Å². The van der Waals surface area contributed by atoms with Gasteiger partial charge in [-0.3, -0.25) is 0 Å². The number of ether oxygens (including phenoxy) is 2.